The largest absolute Gasteiger partial charge is 0.0651 e. The van der Waals surface area contributed by atoms with Crippen molar-refractivity contribution in [1.82, 2.24) is 0 Å². The highest BCUT2D eigenvalue weighted by Crippen LogP contribution is 2.33. The van der Waals surface area contributed by atoms with E-state index >= 15 is 0 Å². The Morgan fingerprint density at radius 2 is 2.25 bits per heavy atom. The zero-order chi connectivity index (χ0) is 8.55. The topological polar surface area (TPSA) is 0 Å². The maximum atomic E-state index is 3.60. The van der Waals surface area contributed by atoms with Crippen molar-refractivity contribution in [3.05, 3.63) is 33.8 Å². The zero-order valence-corrected chi connectivity index (χ0v) is 8.89. The quantitative estimate of drug-likeness (QED) is 0.685. The predicted molar refractivity (Wildman–Crippen MR) is 55.3 cm³/mol. The fraction of sp³-hybridized carbons (Fsp3) is 0.455. The van der Waals surface area contributed by atoms with Gasteiger partial charge >= 0.3 is 0 Å². The Hall–Kier alpha value is -0.300. The normalized spacial score (nSPS) is 21.0. The van der Waals surface area contributed by atoms with Gasteiger partial charge in [0.2, 0.25) is 0 Å². The molecule has 0 saturated heterocycles. The fourth-order valence-electron chi connectivity index (χ4n) is 1.98. The second-order valence-electron chi connectivity index (χ2n) is 3.56. The molecule has 0 spiro atoms. The van der Waals surface area contributed by atoms with Crippen LogP contribution in [0.4, 0.5) is 0 Å². The number of benzene rings is 1. The Labute approximate surface area is 82.1 Å². The van der Waals surface area contributed by atoms with Crippen LogP contribution in [0.15, 0.2) is 22.7 Å². The van der Waals surface area contributed by atoms with Gasteiger partial charge in [-0.25, -0.2) is 0 Å². The lowest BCUT2D eigenvalue weighted by Gasteiger charge is -2.01. The SMILES string of the molecule is CC[C@H]1Cc2cccc(Br)c2C1. The van der Waals surface area contributed by atoms with E-state index < -0.39 is 0 Å². The lowest BCUT2D eigenvalue weighted by molar-refractivity contribution is 0.542. The van der Waals surface area contributed by atoms with E-state index in [0.29, 0.717) is 0 Å². The molecule has 0 nitrogen and oxygen atoms in total. The number of hydrogen-bond acceptors (Lipinski definition) is 0. The Morgan fingerprint density at radius 1 is 1.42 bits per heavy atom. The highest BCUT2D eigenvalue weighted by Gasteiger charge is 2.20. The van der Waals surface area contributed by atoms with Crippen molar-refractivity contribution in [2.24, 2.45) is 5.92 Å². The molecule has 0 fully saturated rings. The van der Waals surface area contributed by atoms with Crippen LogP contribution in [0.2, 0.25) is 0 Å². The van der Waals surface area contributed by atoms with Crippen LogP contribution < -0.4 is 0 Å². The van der Waals surface area contributed by atoms with Gasteiger partial charge in [0, 0.05) is 4.47 Å². The Bertz CT molecular complexity index is 291. The van der Waals surface area contributed by atoms with Crippen molar-refractivity contribution in [3.8, 4) is 0 Å². The summed E-state index contributed by atoms with van der Waals surface area (Å²) in [7, 11) is 0. The molecule has 1 aromatic carbocycles. The summed E-state index contributed by atoms with van der Waals surface area (Å²) in [4.78, 5) is 0. The molecule has 0 unspecified atom stereocenters. The van der Waals surface area contributed by atoms with Crippen LogP contribution in [0.25, 0.3) is 0 Å². The Morgan fingerprint density at radius 3 is 2.92 bits per heavy atom. The van der Waals surface area contributed by atoms with Gasteiger partial charge in [-0.15, -0.1) is 0 Å². The predicted octanol–water partition coefficient (Wildman–Crippen LogP) is 3.57. The first kappa shape index (κ1) is 8.31. The third-order valence-electron chi connectivity index (χ3n) is 2.79. The van der Waals surface area contributed by atoms with Gasteiger partial charge in [0.1, 0.15) is 0 Å². The molecule has 0 heterocycles. The van der Waals surface area contributed by atoms with Crippen molar-refractivity contribution in [2.75, 3.05) is 0 Å². The van der Waals surface area contributed by atoms with Crippen molar-refractivity contribution < 1.29 is 0 Å². The van der Waals surface area contributed by atoms with E-state index in [9.17, 15) is 0 Å². The van der Waals surface area contributed by atoms with Crippen LogP contribution in [-0.2, 0) is 12.8 Å². The van der Waals surface area contributed by atoms with E-state index in [1.165, 1.54) is 23.7 Å². The highest BCUT2D eigenvalue weighted by atomic mass is 79.9. The van der Waals surface area contributed by atoms with Crippen LogP contribution in [0.3, 0.4) is 0 Å². The average Bonchev–Trinajstić information content (AvgIpc) is 2.49. The van der Waals surface area contributed by atoms with Crippen molar-refractivity contribution in [3.63, 3.8) is 0 Å². The molecule has 1 aliphatic carbocycles. The minimum Gasteiger partial charge on any atom is -0.0651 e. The van der Waals surface area contributed by atoms with Crippen LogP contribution in [-0.4, -0.2) is 0 Å². The summed E-state index contributed by atoms with van der Waals surface area (Å²) in [6.45, 7) is 2.28. The minimum atomic E-state index is 0.888. The molecule has 1 aliphatic rings. The summed E-state index contributed by atoms with van der Waals surface area (Å²) in [5.41, 5.74) is 3.10. The van der Waals surface area contributed by atoms with Gasteiger partial charge in [-0.1, -0.05) is 41.4 Å². The first-order valence-electron chi connectivity index (χ1n) is 4.57. The smallest absolute Gasteiger partial charge is 0.0210 e. The maximum Gasteiger partial charge on any atom is 0.0210 e. The number of halogens is 1. The van der Waals surface area contributed by atoms with Crippen LogP contribution in [0.5, 0.6) is 0 Å². The van der Waals surface area contributed by atoms with Crippen molar-refractivity contribution in [1.29, 1.82) is 0 Å². The summed E-state index contributed by atoms with van der Waals surface area (Å²) in [5, 5.41) is 0. The molecule has 12 heavy (non-hydrogen) atoms. The maximum absolute atomic E-state index is 3.60. The van der Waals surface area contributed by atoms with Crippen LogP contribution >= 0.6 is 15.9 Å². The lowest BCUT2D eigenvalue weighted by Crippen LogP contribution is -1.95. The molecule has 64 valence electrons. The average molecular weight is 225 g/mol. The summed E-state index contributed by atoms with van der Waals surface area (Å²) >= 11 is 3.60. The Balaban J connectivity index is 2.35. The van der Waals surface area contributed by atoms with E-state index in [0.717, 1.165) is 5.92 Å². The Kier molecular flexibility index (Phi) is 2.22. The first-order valence-corrected chi connectivity index (χ1v) is 5.36. The van der Waals surface area contributed by atoms with Crippen LogP contribution in [0.1, 0.15) is 24.5 Å². The van der Waals surface area contributed by atoms with Gasteiger partial charge in [0.25, 0.3) is 0 Å². The second kappa shape index (κ2) is 3.21. The van der Waals surface area contributed by atoms with E-state index in [4.69, 9.17) is 0 Å². The minimum absolute atomic E-state index is 0.888. The van der Waals surface area contributed by atoms with Crippen molar-refractivity contribution >= 4 is 15.9 Å². The van der Waals surface area contributed by atoms with Gasteiger partial charge in [0.05, 0.1) is 0 Å². The molecule has 0 saturated carbocycles. The number of fused-ring (bicyclic) bond motifs is 1. The third-order valence-corrected chi connectivity index (χ3v) is 3.54. The molecule has 0 amide bonds. The van der Waals surface area contributed by atoms with E-state index in [2.05, 4.69) is 41.1 Å². The molecule has 1 heteroatoms. The van der Waals surface area contributed by atoms with Gasteiger partial charge in [-0.2, -0.15) is 0 Å². The van der Waals surface area contributed by atoms with Crippen LogP contribution in [0, 0.1) is 5.92 Å². The van der Waals surface area contributed by atoms with Gasteiger partial charge in [-0.3, -0.25) is 0 Å². The molecule has 1 atom stereocenters. The second-order valence-corrected chi connectivity index (χ2v) is 4.41. The summed E-state index contributed by atoms with van der Waals surface area (Å²) in [5.74, 6) is 0.888. The highest BCUT2D eigenvalue weighted by molar-refractivity contribution is 9.10. The monoisotopic (exact) mass is 224 g/mol. The van der Waals surface area contributed by atoms with Gasteiger partial charge < -0.3 is 0 Å². The molecular formula is C11H13Br. The number of rotatable bonds is 1. The van der Waals surface area contributed by atoms with E-state index in [1.807, 2.05) is 0 Å². The zero-order valence-electron chi connectivity index (χ0n) is 7.31. The van der Waals surface area contributed by atoms with Crippen molar-refractivity contribution in [2.45, 2.75) is 26.2 Å². The third kappa shape index (κ3) is 1.31. The fourth-order valence-corrected chi connectivity index (χ4v) is 2.55. The molecule has 0 aliphatic heterocycles. The summed E-state index contributed by atoms with van der Waals surface area (Å²) < 4.78 is 1.30. The molecule has 0 N–H and O–H groups in total. The molecular weight excluding hydrogens is 212 g/mol. The van der Waals surface area contributed by atoms with E-state index in [-0.39, 0.29) is 0 Å². The first-order chi connectivity index (χ1) is 5.81. The summed E-state index contributed by atoms with van der Waals surface area (Å²) in [6.07, 6.45) is 3.86. The molecule has 1 aromatic rings. The molecule has 0 aromatic heterocycles. The number of hydrogen-bond donors (Lipinski definition) is 0. The summed E-state index contributed by atoms with van der Waals surface area (Å²) in [6, 6.07) is 6.55. The molecule has 2 rings (SSSR count). The van der Waals surface area contributed by atoms with E-state index in [1.54, 1.807) is 11.1 Å². The molecule has 0 radical (unpaired) electrons. The standard InChI is InChI=1S/C11H13Br/c1-2-8-6-9-4-3-5-11(12)10(9)7-8/h3-5,8H,2,6-7H2,1H3/t8-/m0/s1. The lowest BCUT2D eigenvalue weighted by atomic mass is 10.0. The van der Waals surface area contributed by atoms with Gasteiger partial charge in [-0.05, 0) is 36.0 Å². The van der Waals surface area contributed by atoms with Gasteiger partial charge in [0.15, 0.2) is 0 Å². The molecule has 0 bridgehead atoms.